The van der Waals surface area contributed by atoms with Gasteiger partial charge in [0.25, 0.3) is 5.91 Å². The largest absolute Gasteiger partial charge is 0.370 e. The fraction of sp³-hybridized carbons (Fsp3) is 0.231. The van der Waals surface area contributed by atoms with Gasteiger partial charge in [0.1, 0.15) is 0 Å². The zero-order valence-electron chi connectivity index (χ0n) is 11.3. The van der Waals surface area contributed by atoms with Crippen LogP contribution in [-0.4, -0.2) is 26.5 Å². The Morgan fingerprint density at radius 1 is 1.35 bits per heavy atom. The number of guanidine groups is 1. The summed E-state index contributed by atoms with van der Waals surface area (Å²) < 4.78 is 23.6. The highest BCUT2D eigenvalue weighted by Crippen LogP contribution is 2.20. The Morgan fingerprint density at radius 2 is 2.00 bits per heavy atom. The Labute approximate surface area is 118 Å². The monoisotopic (exact) mass is 295 g/mol. The molecule has 1 aromatic carbocycles. The van der Waals surface area contributed by atoms with E-state index in [1.807, 2.05) is 13.0 Å². The number of nitrogens with zero attached hydrogens (tertiary/aromatic N) is 1. The molecule has 0 saturated carbocycles. The maximum Gasteiger partial charge on any atom is 0.280 e. The lowest BCUT2D eigenvalue weighted by atomic mass is 10.1. The molecule has 108 valence electrons. The molecular formula is C13H17N3O3S. The van der Waals surface area contributed by atoms with Crippen molar-refractivity contribution < 1.29 is 13.2 Å². The van der Waals surface area contributed by atoms with Gasteiger partial charge in [-0.25, -0.2) is 8.42 Å². The number of nitrogens with two attached hydrogens (primary N) is 2. The Balaban J connectivity index is 3.39. The first-order valence-corrected chi connectivity index (χ1v) is 7.79. The van der Waals surface area contributed by atoms with E-state index in [-0.39, 0.29) is 16.4 Å². The lowest BCUT2D eigenvalue weighted by molar-refractivity contribution is 0.100. The lowest BCUT2D eigenvalue weighted by Crippen LogP contribution is -2.24. The smallest absolute Gasteiger partial charge is 0.280 e. The fourth-order valence-electron chi connectivity index (χ4n) is 1.55. The minimum absolute atomic E-state index is 0.0684. The quantitative estimate of drug-likeness (QED) is 0.633. The van der Waals surface area contributed by atoms with Crippen LogP contribution in [0.15, 0.2) is 34.2 Å². The van der Waals surface area contributed by atoms with Crippen molar-refractivity contribution in [2.75, 3.05) is 6.26 Å². The fourth-order valence-corrected chi connectivity index (χ4v) is 2.46. The van der Waals surface area contributed by atoms with Crippen molar-refractivity contribution in [3.63, 3.8) is 0 Å². The van der Waals surface area contributed by atoms with Crippen molar-refractivity contribution in [3.05, 3.63) is 35.4 Å². The number of sulfone groups is 1. The predicted octanol–water partition coefficient (Wildman–Crippen LogP) is 0.927. The number of benzene rings is 1. The number of allylic oxidation sites excluding steroid dienone is 1. The maximum atomic E-state index is 11.8. The average Bonchev–Trinajstić information content (AvgIpc) is 2.34. The van der Waals surface area contributed by atoms with Crippen LogP contribution in [0.5, 0.6) is 0 Å². The van der Waals surface area contributed by atoms with Crippen LogP contribution >= 0.6 is 0 Å². The first-order valence-electron chi connectivity index (χ1n) is 5.90. The molecule has 0 radical (unpaired) electrons. The summed E-state index contributed by atoms with van der Waals surface area (Å²) in [5.74, 6) is -1.05. The second-order valence-electron chi connectivity index (χ2n) is 4.18. The summed E-state index contributed by atoms with van der Waals surface area (Å²) in [5.41, 5.74) is 10.9. The molecule has 0 aliphatic carbocycles. The van der Waals surface area contributed by atoms with Crippen molar-refractivity contribution in [2.24, 2.45) is 16.5 Å². The minimum atomic E-state index is -3.46. The van der Waals surface area contributed by atoms with Gasteiger partial charge in [0.15, 0.2) is 15.8 Å². The molecule has 0 aliphatic rings. The molecule has 7 heteroatoms. The van der Waals surface area contributed by atoms with Crippen LogP contribution in [0.25, 0.3) is 6.08 Å². The van der Waals surface area contributed by atoms with Gasteiger partial charge in [0, 0.05) is 11.8 Å². The zero-order chi connectivity index (χ0) is 15.3. The third-order valence-electron chi connectivity index (χ3n) is 2.42. The van der Waals surface area contributed by atoms with E-state index in [1.54, 1.807) is 12.1 Å². The van der Waals surface area contributed by atoms with Crippen LogP contribution < -0.4 is 11.5 Å². The summed E-state index contributed by atoms with van der Waals surface area (Å²) in [7, 11) is -3.46. The minimum Gasteiger partial charge on any atom is -0.370 e. The highest BCUT2D eigenvalue weighted by Gasteiger charge is 2.15. The van der Waals surface area contributed by atoms with E-state index in [0.29, 0.717) is 5.56 Å². The van der Waals surface area contributed by atoms with E-state index in [2.05, 4.69) is 4.99 Å². The first-order chi connectivity index (χ1) is 9.25. The van der Waals surface area contributed by atoms with Gasteiger partial charge >= 0.3 is 0 Å². The summed E-state index contributed by atoms with van der Waals surface area (Å²) in [6.45, 7) is 1.94. The van der Waals surface area contributed by atoms with Gasteiger partial charge in [-0.05, 0) is 24.1 Å². The molecule has 6 nitrogen and oxygen atoms in total. The highest BCUT2D eigenvalue weighted by molar-refractivity contribution is 7.90. The number of rotatable bonds is 4. The van der Waals surface area contributed by atoms with Crippen LogP contribution in [0.4, 0.5) is 0 Å². The van der Waals surface area contributed by atoms with Gasteiger partial charge < -0.3 is 11.5 Å². The lowest BCUT2D eigenvalue weighted by Gasteiger charge is -2.06. The SMILES string of the molecule is CC/C=C/c1ccc(C(=O)N=C(N)N)cc1S(C)(=O)=O. The van der Waals surface area contributed by atoms with Gasteiger partial charge in [-0.1, -0.05) is 25.1 Å². The molecule has 4 N–H and O–H groups in total. The molecule has 1 aromatic rings. The molecule has 1 rings (SSSR count). The molecule has 20 heavy (non-hydrogen) atoms. The van der Waals surface area contributed by atoms with E-state index in [1.165, 1.54) is 12.1 Å². The molecule has 0 aliphatic heterocycles. The van der Waals surface area contributed by atoms with Crippen LogP contribution in [0.2, 0.25) is 0 Å². The second kappa shape index (κ2) is 6.33. The molecule has 0 unspecified atom stereocenters. The van der Waals surface area contributed by atoms with Crippen molar-refractivity contribution in [1.82, 2.24) is 0 Å². The molecule has 1 amide bonds. The Kier molecular flexibility index (Phi) is 5.04. The zero-order valence-corrected chi connectivity index (χ0v) is 12.1. The summed E-state index contributed by atoms with van der Waals surface area (Å²) in [4.78, 5) is 15.2. The average molecular weight is 295 g/mol. The van der Waals surface area contributed by atoms with Crippen LogP contribution in [-0.2, 0) is 9.84 Å². The highest BCUT2D eigenvalue weighted by atomic mass is 32.2. The topological polar surface area (TPSA) is 116 Å². The summed E-state index contributed by atoms with van der Waals surface area (Å²) >= 11 is 0. The first kappa shape index (κ1) is 15.9. The molecule has 0 aromatic heterocycles. The number of aliphatic imine (C=N–C) groups is 1. The van der Waals surface area contributed by atoms with Crippen LogP contribution in [0, 0.1) is 0 Å². The standard InChI is InChI=1S/C13H17N3O3S/c1-3-4-5-9-6-7-10(12(17)16-13(14)15)8-11(9)20(2,18)19/h4-8H,3H2,1-2H3,(H4,14,15,16,17)/b5-4+. The van der Waals surface area contributed by atoms with E-state index >= 15 is 0 Å². The maximum absolute atomic E-state index is 11.8. The van der Waals surface area contributed by atoms with Crippen molar-refractivity contribution in [2.45, 2.75) is 18.2 Å². The Hall–Kier alpha value is -2.15. The van der Waals surface area contributed by atoms with Crippen molar-refractivity contribution >= 4 is 27.8 Å². The number of hydrogen-bond donors (Lipinski definition) is 2. The third kappa shape index (κ3) is 4.20. The number of hydrogen-bond acceptors (Lipinski definition) is 3. The molecule has 0 bridgehead atoms. The van der Waals surface area contributed by atoms with E-state index < -0.39 is 15.7 Å². The van der Waals surface area contributed by atoms with E-state index in [9.17, 15) is 13.2 Å². The number of carbonyl (C=O) groups excluding carboxylic acids is 1. The van der Waals surface area contributed by atoms with Gasteiger partial charge in [-0.2, -0.15) is 4.99 Å². The van der Waals surface area contributed by atoms with Crippen LogP contribution in [0.3, 0.4) is 0 Å². The van der Waals surface area contributed by atoms with Gasteiger partial charge in [-0.15, -0.1) is 0 Å². The Morgan fingerprint density at radius 3 is 2.50 bits per heavy atom. The third-order valence-corrected chi connectivity index (χ3v) is 3.58. The summed E-state index contributed by atoms with van der Waals surface area (Å²) in [6.07, 6.45) is 5.39. The molecule has 0 saturated heterocycles. The van der Waals surface area contributed by atoms with Gasteiger partial charge in [0.05, 0.1) is 4.90 Å². The van der Waals surface area contributed by atoms with Gasteiger partial charge in [-0.3, -0.25) is 4.79 Å². The van der Waals surface area contributed by atoms with Crippen LogP contribution in [0.1, 0.15) is 29.3 Å². The molecule has 0 spiro atoms. The van der Waals surface area contributed by atoms with Crippen molar-refractivity contribution in [1.29, 1.82) is 0 Å². The van der Waals surface area contributed by atoms with E-state index in [4.69, 9.17) is 11.5 Å². The van der Waals surface area contributed by atoms with Gasteiger partial charge in [0.2, 0.25) is 0 Å². The summed E-state index contributed by atoms with van der Waals surface area (Å²) in [6, 6.07) is 4.32. The molecular weight excluding hydrogens is 278 g/mol. The number of carbonyl (C=O) groups is 1. The Bertz CT molecular complexity index is 672. The van der Waals surface area contributed by atoms with E-state index in [0.717, 1.165) is 12.7 Å². The molecule has 0 fully saturated rings. The second-order valence-corrected chi connectivity index (χ2v) is 6.16. The molecule has 0 atom stereocenters. The van der Waals surface area contributed by atoms with Crippen molar-refractivity contribution in [3.8, 4) is 0 Å². The predicted molar refractivity (Wildman–Crippen MR) is 79.0 cm³/mol. The molecule has 0 heterocycles. The normalized spacial score (nSPS) is 11.5. The summed E-state index contributed by atoms with van der Waals surface area (Å²) in [5, 5.41) is 0. The number of amides is 1.